The van der Waals surface area contributed by atoms with Crippen LogP contribution >= 0.6 is 0 Å². The van der Waals surface area contributed by atoms with Gasteiger partial charge in [-0.15, -0.1) is 0 Å². The fourth-order valence-electron chi connectivity index (χ4n) is 4.21. The molecule has 166 valence electrons. The van der Waals surface area contributed by atoms with Gasteiger partial charge in [0.2, 0.25) is 0 Å². The van der Waals surface area contributed by atoms with Crippen molar-refractivity contribution in [3.05, 3.63) is 0 Å². The highest BCUT2D eigenvalue weighted by atomic mass is 16.4. The van der Waals surface area contributed by atoms with E-state index < -0.39 is 40.0 Å². The van der Waals surface area contributed by atoms with Crippen LogP contribution in [0.3, 0.4) is 0 Å². The van der Waals surface area contributed by atoms with Crippen molar-refractivity contribution in [2.45, 2.75) is 99.8 Å². The van der Waals surface area contributed by atoms with Gasteiger partial charge in [-0.2, -0.15) is 0 Å². The molecule has 0 saturated heterocycles. The summed E-state index contributed by atoms with van der Waals surface area (Å²) >= 11 is 0. The highest BCUT2D eigenvalue weighted by Gasteiger charge is 2.44. The molecule has 0 heterocycles. The van der Waals surface area contributed by atoms with Crippen molar-refractivity contribution in [3.8, 4) is 0 Å². The van der Waals surface area contributed by atoms with Gasteiger partial charge in [-0.25, -0.2) is 0 Å². The lowest BCUT2D eigenvalue weighted by molar-refractivity contribution is -0.150. The Kier molecular flexibility index (Phi) is 10.7. The third-order valence-corrected chi connectivity index (χ3v) is 6.61. The molecular formula is C23H44O5. The number of unbranched alkanes of at least 4 members (excludes halogenated alkanes) is 2. The Bertz CT molecular complexity index is 455. The molecule has 0 saturated carbocycles. The van der Waals surface area contributed by atoms with Crippen molar-refractivity contribution in [2.75, 3.05) is 6.61 Å². The molecule has 0 aromatic carbocycles. The van der Waals surface area contributed by atoms with E-state index in [2.05, 4.69) is 13.8 Å². The summed E-state index contributed by atoms with van der Waals surface area (Å²) in [5.74, 6) is -2.97. The second-order valence-corrected chi connectivity index (χ2v) is 10.3. The van der Waals surface area contributed by atoms with E-state index in [0.717, 1.165) is 38.5 Å². The number of hydrogen-bond acceptors (Lipinski definition) is 3. The number of carboxylic acid groups (broad SMARTS) is 2. The van der Waals surface area contributed by atoms with Gasteiger partial charge in [-0.1, -0.05) is 74.1 Å². The van der Waals surface area contributed by atoms with Crippen LogP contribution < -0.4 is 0 Å². The molecule has 28 heavy (non-hydrogen) atoms. The summed E-state index contributed by atoms with van der Waals surface area (Å²) in [5.41, 5.74) is -1.57. The molecule has 0 aromatic heterocycles. The number of carbonyl (C=O) groups is 2. The molecule has 0 rings (SSSR count). The molecule has 5 nitrogen and oxygen atoms in total. The zero-order valence-corrected chi connectivity index (χ0v) is 19.2. The first kappa shape index (κ1) is 26.9. The van der Waals surface area contributed by atoms with Crippen molar-refractivity contribution in [1.82, 2.24) is 0 Å². The fourth-order valence-corrected chi connectivity index (χ4v) is 4.21. The molecule has 2 atom stereocenters. The Morgan fingerprint density at radius 3 is 1.29 bits per heavy atom. The maximum Gasteiger partial charge on any atom is 0.307 e. The molecule has 0 aliphatic rings. The van der Waals surface area contributed by atoms with E-state index in [4.69, 9.17) is 0 Å². The second kappa shape index (κ2) is 11.2. The first-order chi connectivity index (χ1) is 12.8. The second-order valence-electron chi connectivity index (χ2n) is 10.3. The molecular weight excluding hydrogens is 356 g/mol. The van der Waals surface area contributed by atoms with Crippen LogP contribution in [0.5, 0.6) is 0 Å². The van der Waals surface area contributed by atoms with Crippen LogP contribution in [0, 0.1) is 28.1 Å². The quantitative estimate of drug-likeness (QED) is 0.332. The summed E-state index contributed by atoms with van der Waals surface area (Å²) in [6.45, 7) is 13.7. The highest BCUT2D eigenvalue weighted by molar-refractivity contribution is 5.72. The fraction of sp³-hybridized carbons (Fsp3) is 0.913. The van der Waals surface area contributed by atoms with Crippen LogP contribution in [0.15, 0.2) is 0 Å². The molecule has 0 amide bonds. The molecule has 2 unspecified atom stereocenters. The first-order valence-corrected chi connectivity index (χ1v) is 10.8. The minimum absolute atomic E-state index is 0.214. The normalized spacial score (nSPS) is 17.0. The zero-order valence-electron chi connectivity index (χ0n) is 19.2. The predicted molar refractivity (Wildman–Crippen MR) is 113 cm³/mol. The summed E-state index contributed by atoms with van der Waals surface area (Å²) in [4.78, 5) is 24.1. The molecule has 0 aliphatic carbocycles. The number of carboxylic acids is 2. The molecule has 0 aromatic rings. The van der Waals surface area contributed by atoms with Crippen LogP contribution in [0.25, 0.3) is 0 Å². The van der Waals surface area contributed by atoms with Crippen LogP contribution in [0.2, 0.25) is 0 Å². The topological polar surface area (TPSA) is 94.8 Å². The van der Waals surface area contributed by atoms with Crippen LogP contribution in [-0.4, -0.2) is 33.9 Å². The van der Waals surface area contributed by atoms with E-state index in [1.165, 1.54) is 0 Å². The monoisotopic (exact) mass is 400 g/mol. The van der Waals surface area contributed by atoms with Crippen LogP contribution in [0.4, 0.5) is 0 Å². The van der Waals surface area contributed by atoms with E-state index in [9.17, 15) is 24.9 Å². The number of aliphatic hydroxyl groups is 1. The predicted octanol–water partition coefficient (Wildman–Crippen LogP) is 5.60. The molecule has 0 radical (unpaired) electrons. The number of hydrogen-bond donors (Lipinski definition) is 3. The Balaban J connectivity index is 5.64. The molecule has 0 bridgehead atoms. The minimum atomic E-state index is -0.863. The van der Waals surface area contributed by atoms with Gasteiger partial charge in [0.05, 0.1) is 11.8 Å². The van der Waals surface area contributed by atoms with Crippen molar-refractivity contribution >= 4 is 11.9 Å². The lowest BCUT2D eigenvalue weighted by Gasteiger charge is -2.41. The standard InChI is InChI=1S/C23H44O5/c1-8-10-12-21(3,4)17(19(25)26)14-23(7,16-24)15-18(20(27)28)22(5,6)13-11-9-2/h17-18,24H,8-16H2,1-7H3,(H,25,26)(H,27,28). The minimum Gasteiger partial charge on any atom is -0.481 e. The first-order valence-electron chi connectivity index (χ1n) is 10.8. The summed E-state index contributed by atoms with van der Waals surface area (Å²) in [6, 6.07) is 0. The number of aliphatic carboxylic acids is 2. The van der Waals surface area contributed by atoms with E-state index in [-0.39, 0.29) is 19.4 Å². The van der Waals surface area contributed by atoms with Gasteiger partial charge in [-0.05, 0) is 41.9 Å². The van der Waals surface area contributed by atoms with Crippen molar-refractivity contribution in [1.29, 1.82) is 0 Å². The zero-order chi connectivity index (χ0) is 22.2. The van der Waals surface area contributed by atoms with Gasteiger partial charge in [0.15, 0.2) is 0 Å². The van der Waals surface area contributed by atoms with Gasteiger partial charge in [0.1, 0.15) is 0 Å². The number of rotatable bonds is 15. The maximum atomic E-state index is 12.1. The van der Waals surface area contributed by atoms with Gasteiger partial charge in [0.25, 0.3) is 0 Å². The maximum absolute atomic E-state index is 12.1. The molecule has 0 fully saturated rings. The summed E-state index contributed by atoms with van der Waals surface area (Å²) in [7, 11) is 0. The summed E-state index contributed by atoms with van der Waals surface area (Å²) in [6.07, 6.45) is 6.06. The molecule has 0 aliphatic heterocycles. The molecule has 0 spiro atoms. The largest absolute Gasteiger partial charge is 0.481 e. The van der Waals surface area contributed by atoms with Gasteiger partial charge < -0.3 is 15.3 Å². The Morgan fingerprint density at radius 2 is 1.07 bits per heavy atom. The molecule has 3 N–H and O–H groups in total. The Hall–Kier alpha value is -1.10. The van der Waals surface area contributed by atoms with E-state index >= 15 is 0 Å². The van der Waals surface area contributed by atoms with Crippen molar-refractivity contribution in [2.24, 2.45) is 28.1 Å². The van der Waals surface area contributed by atoms with E-state index in [1.807, 2.05) is 34.6 Å². The van der Waals surface area contributed by atoms with Gasteiger partial charge in [-0.3, -0.25) is 9.59 Å². The summed E-state index contributed by atoms with van der Waals surface area (Å²) < 4.78 is 0. The Labute approximate surface area is 171 Å². The number of aliphatic hydroxyl groups excluding tert-OH is 1. The average Bonchev–Trinajstić information content (AvgIpc) is 2.60. The third-order valence-electron chi connectivity index (χ3n) is 6.61. The average molecular weight is 401 g/mol. The van der Waals surface area contributed by atoms with Crippen LogP contribution in [0.1, 0.15) is 99.8 Å². The Morgan fingerprint density at radius 1 is 0.750 bits per heavy atom. The van der Waals surface area contributed by atoms with Gasteiger partial charge in [0, 0.05) is 6.61 Å². The smallest absolute Gasteiger partial charge is 0.307 e. The van der Waals surface area contributed by atoms with Gasteiger partial charge >= 0.3 is 11.9 Å². The summed E-state index contributed by atoms with van der Waals surface area (Å²) in [5, 5.41) is 29.9. The van der Waals surface area contributed by atoms with Crippen molar-refractivity contribution < 1.29 is 24.9 Å². The van der Waals surface area contributed by atoms with Crippen molar-refractivity contribution in [3.63, 3.8) is 0 Å². The van der Waals surface area contributed by atoms with E-state index in [1.54, 1.807) is 0 Å². The lowest BCUT2D eigenvalue weighted by atomic mass is 9.63. The lowest BCUT2D eigenvalue weighted by Crippen LogP contribution is -2.41. The SMILES string of the molecule is CCCCC(C)(C)C(CC(C)(CO)CC(C(=O)O)C(C)(C)CCCC)C(=O)O. The molecule has 5 heteroatoms. The van der Waals surface area contributed by atoms with E-state index in [0.29, 0.717) is 0 Å². The third kappa shape index (κ3) is 8.10. The van der Waals surface area contributed by atoms with Crippen LogP contribution in [-0.2, 0) is 9.59 Å². The highest BCUT2D eigenvalue weighted by Crippen LogP contribution is 2.46.